The molecule has 0 amide bonds. The van der Waals surface area contributed by atoms with Gasteiger partial charge in [0.1, 0.15) is 11.3 Å². The molecule has 0 aliphatic heterocycles. The van der Waals surface area contributed by atoms with Gasteiger partial charge in [-0.1, -0.05) is 32.6 Å². The van der Waals surface area contributed by atoms with E-state index in [1.807, 2.05) is 23.7 Å². The lowest BCUT2D eigenvalue weighted by atomic mass is 9.97. The third-order valence-corrected chi connectivity index (χ3v) is 3.77. The Kier molecular flexibility index (Phi) is 5.54. The van der Waals surface area contributed by atoms with E-state index in [0.717, 1.165) is 27.6 Å². The summed E-state index contributed by atoms with van der Waals surface area (Å²) in [4.78, 5) is 8.18. The molecule has 0 fully saturated rings. The zero-order valence-electron chi connectivity index (χ0n) is 14.7. The standard InChI is InChI=1S/C17H22BrN5O/c1-11(2)9-20-16(19-6)24-13-8-7-12-15(14(13)18)21-22-23(12)10-17(3,4)5/h7-9H,1,10H2,2-6H3. The number of allylic oxidation sites excluding steroid dienone is 1. The predicted molar refractivity (Wildman–Crippen MR) is 102 cm³/mol. The van der Waals surface area contributed by atoms with Crippen molar-refractivity contribution in [3.05, 3.63) is 28.8 Å². The molecular formula is C17H22BrN5O. The van der Waals surface area contributed by atoms with Gasteiger partial charge in [0.2, 0.25) is 0 Å². The van der Waals surface area contributed by atoms with Crippen LogP contribution in [0.5, 0.6) is 5.75 Å². The summed E-state index contributed by atoms with van der Waals surface area (Å²) in [6.45, 7) is 12.9. The summed E-state index contributed by atoms with van der Waals surface area (Å²) in [7, 11) is 1.62. The maximum absolute atomic E-state index is 5.75. The Morgan fingerprint density at radius 3 is 2.71 bits per heavy atom. The molecule has 0 saturated carbocycles. The Morgan fingerprint density at radius 2 is 2.12 bits per heavy atom. The molecule has 6 nitrogen and oxygen atoms in total. The minimum Gasteiger partial charge on any atom is -0.423 e. The molecule has 0 saturated heterocycles. The molecular weight excluding hydrogens is 370 g/mol. The Hall–Kier alpha value is -2.02. The number of nitrogens with zero attached hydrogens (tertiary/aromatic N) is 5. The van der Waals surface area contributed by atoms with Gasteiger partial charge in [-0.3, -0.25) is 0 Å². The normalized spacial score (nSPS) is 13.0. The topological polar surface area (TPSA) is 64.7 Å². The van der Waals surface area contributed by atoms with Crippen molar-refractivity contribution < 1.29 is 4.74 Å². The third-order valence-electron chi connectivity index (χ3n) is 3.00. The molecule has 0 spiro atoms. The van der Waals surface area contributed by atoms with Gasteiger partial charge in [0.05, 0.1) is 9.99 Å². The fourth-order valence-corrected chi connectivity index (χ4v) is 2.52. The van der Waals surface area contributed by atoms with Crippen LogP contribution < -0.4 is 4.74 Å². The first-order valence-electron chi connectivity index (χ1n) is 7.57. The van der Waals surface area contributed by atoms with Crippen molar-refractivity contribution in [2.45, 2.75) is 34.2 Å². The summed E-state index contributed by atoms with van der Waals surface area (Å²) in [5.74, 6) is 0.588. The maximum atomic E-state index is 5.75. The van der Waals surface area contributed by atoms with E-state index >= 15 is 0 Å². The van der Waals surface area contributed by atoms with E-state index in [-0.39, 0.29) is 11.4 Å². The Labute approximate surface area is 150 Å². The number of amidine groups is 1. The SMILES string of the molecule is C=C(C)C=NC(=NC)Oc1ccc2c(nnn2CC(C)(C)C)c1Br. The Balaban J connectivity index is 2.34. The molecule has 0 aliphatic rings. The monoisotopic (exact) mass is 391 g/mol. The van der Waals surface area contributed by atoms with Crippen LogP contribution in [-0.2, 0) is 6.54 Å². The van der Waals surface area contributed by atoms with Crippen LogP contribution in [0.2, 0.25) is 0 Å². The minimum absolute atomic E-state index is 0.113. The van der Waals surface area contributed by atoms with Gasteiger partial charge < -0.3 is 4.74 Å². The highest BCUT2D eigenvalue weighted by Crippen LogP contribution is 2.32. The Morgan fingerprint density at radius 1 is 1.42 bits per heavy atom. The van der Waals surface area contributed by atoms with E-state index in [9.17, 15) is 0 Å². The lowest BCUT2D eigenvalue weighted by Crippen LogP contribution is -2.16. The second-order valence-electron chi connectivity index (χ2n) is 6.77. The van der Waals surface area contributed by atoms with E-state index in [1.54, 1.807) is 13.3 Å². The van der Waals surface area contributed by atoms with Crippen molar-refractivity contribution in [2.24, 2.45) is 15.4 Å². The van der Waals surface area contributed by atoms with Crippen LogP contribution in [0.25, 0.3) is 11.0 Å². The van der Waals surface area contributed by atoms with Crippen LogP contribution in [0.4, 0.5) is 0 Å². The first-order valence-corrected chi connectivity index (χ1v) is 8.36. The zero-order valence-corrected chi connectivity index (χ0v) is 16.3. The fourth-order valence-electron chi connectivity index (χ4n) is 2.02. The van der Waals surface area contributed by atoms with E-state index in [0.29, 0.717) is 5.75 Å². The Bertz CT molecular complexity index is 814. The summed E-state index contributed by atoms with van der Waals surface area (Å²) in [6, 6.07) is 4.05. The molecule has 0 radical (unpaired) electrons. The van der Waals surface area contributed by atoms with Gasteiger partial charge in [0.25, 0.3) is 0 Å². The molecule has 1 aromatic heterocycles. The summed E-state index contributed by atoms with van der Waals surface area (Å²) in [5.41, 5.74) is 2.63. The number of hydrogen-bond donors (Lipinski definition) is 0. The smallest absolute Gasteiger partial charge is 0.316 e. The number of halogens is 1. The van der Waals surface area contributed by atoms with Crippen LogP contribution in [0.15, 0.2) is 38.7 Å². The molecule has 0 N–H and O–H groups in total. The number of hydrogen-bond acceptors (Lipinski definition) is 4. The van der Waals surface area contributed by atoms with Crippen molar-refractivity contribution in [1.82, 2.24) is 15.0 Å². The highest BCUT2D eigenvalue weighted by atomic mass is 79.9. The van der Waals surface area contributed by atoms with Gasteiger partial charge in [0, 0.05) is 19.8 Å². The average molecular weight is 392 g/mol. The van der Waals surface area contributed by atoms with Crippen molar-refractivity contribution in [3.8, 4) is 5.75 Å². The fraction of sp³-hybridized carbons (Fsp3) is 0.412. The number of ether oxygens (including phenoxy) is 1. The van der Waals surface area contributed by atoms with Crippen LogP contribution in [0.1, 0.15) is 27.7 Å². The van der Waals surface area contributed by atoms with Crippen molar-refractivity contribution in [2.75, 3.05) is 7.05 Å². The van der Waals surface area contributed by atoms with Crippen molar-refractivity contribution >= 4 is 39.2 Å². The second kappa shape index (κ2) is 7.25. The average Bonchev–Trinajstić information content (AvgIpc) is 2.87. The van der Waals surface area contributed by atoms with Gasteiger partial charge in [-0.25, -0.2) is 14.7 Å². The zero-order chi connectivity index (χ0) is 17.9. The quantitative estimate of drug-likeness (QED) is 0.579. The molecule has 0 atom stereocenters. The highest BCUT2D eigenvalue weighted by Gasteiger charge is 2.18. The molecule has 7 heteroatoms. The molecule has 2 rings (SSSR count). The van der Waals surface area contributed by atoms with Crippen LogP contribution in [0.3, 0.4) is 0 Å². The van der Waals surface area contributed by atoms with Crippen LogP contribution >= 0.6 is 15.9 Å². The van der Waals surface area contributed by atoms with Gasteiger partial charge in [-0.05, 0) is 46.0 Å². The molecule has 1 heterocycles. The largest absolute Gasteiger partial charge is 0.423 e. The van der Waals surface area contributed by atoms with E-state index in [2.05, 4.69) is 63.6 Å². The van der Waals surface area contributed by atoms with E-state index in [4.69, 9.17) is 4.74 Å². The van der Waals surface area contributed by atoms with E-state index < -0.39 is 0 Å². The maximum Gasteiger partial charge on any atom is 0.316 e. The molecule has 0 bridgehead atoms. The number of benzene rings is 1. The van der Waals surface area contributed by atoms with Gasteiger partial charge in [0.15, 0.2) is 0 Å². The molecule has 0 unspecified atom stereocenters. The third kappa shape index (κ3) is 4.50. The van der Waals surface area contributed by atoms with Crippen LogP contribution in [0, 0.1) is 5.41 Å². The van der Waals surface area contributed by atoms with Gasteiger partial charge >= 0.3 is 6.02 Å². The number of rotatable bonds is 3. The molecule has 2 aromatic rings. The van der Waals surface area contributed by atoms with Gasteiger partial charge in [-0.2, -0.15) is 0 Å². The molecule has 128 valence electrons. The van der Waals surface area contributed by atoms with Gasteiger partial charge in [-0.15, -0.1) is 5.10 Å². The van der Waals surface area contributed by atoms with Crippen molar-refractivity contribution in [3.63, 3.8) is 0 Å². The summed E-state index contributed by atoms with van der Waals surface area (Å²) in [5, 5.41) is 8.52. The molecule has 1 aromatic carbocycles. The lowest BCUT2D eigenvalue weighted by molar-refractivity contribution is 0.327. The summed E-state index contributed by atoms with van der Waals surface area (Å²) >= 11 is 3.55. The summed E-state index contributed by atoms with van der Waals surface area (Å²) < 4.78 is 8.38. The van der Waals surface area contributed by atoms with E-state index in [1.165, 1.54) is 0 Å². The number of fused-ring (bicyclic) bond motifs is 1. The molecule has 24 heavy (non-hydrogen) atoms. The lowest BCUT2D eigenvalue weighted by Gasteiger charge is -2.17. The number of aromatic nitrogens is 3. The van der Waals surface area contributed by atoms with Crippen molar-refractivity contribution in [1.29, 1.82) is 0 Å². The molecule has 0 aliphatic carbocycles. The number of aliphatic imine (C=N–C) groups is 2. The minimum atomic E-state index is 0.113. The highest BCUT2D eigenvalue weighted by molar-refractivity contribution is 9.10. The second-order valence-corrected chi connectivity index (χ2v) is 7.56. The predicted octanol–water partition coefficient (Wildman–Crippen LogP) is 4.25. The van der Waals surface area contributed by atoms with Crippen LogP contribution in [-0.4, -0.2) is 34.3 Å². The summed E-state index contributed by atoms with van der Waals surface area (Å²) in [6.07, 6.45) is 1.61. The first-order chi connectivity index (χ1) is 11.2. The first kappa shape index (κ1) is 18.3.